The van der Waals surface area contributed by atoms with Crippen LogP contribution >= 0.6 is 11.3 Å². The fourth-order valence-electron chi connectivity index (χ4n) is 4.72. The van der Waals surface area contributed by atoms with Crippen LogP contribution in [0.3, 0.4) is 0 Å². The zero-order valence-corrected chi connectivity index (χ0v) is 18.8. The summed E-state index contributed by atoms with van der Waals surface area (Å²) < 4.78 is 42.5. The quantitative estimate of drug-likeness (QED) is 0.488. The zero-order chi connectivity index (χ0) is 24.0. The molecule has 34 heavy (non-hydrogen) atoms. The Hall–Kier alpha value is -3.34. The third-order valence-electron chi connectivity index (χ3n) is 6.33. The van der Waals surface area contributed by atoms with E-state index in [-0.39, 0.29) is 23.4 Å². The van der Waals surface area contributed by atoms with E-state index in [1.807, 2.05) is 0 Å². The molecule has 0 saturated heterocycles. The van der Waals surface area contributed by atoms with Crippen LogP contribution in [0.2, 0.25) is 0 Å². The van der Waals surface area contributed by atoms with Crippen LogP contribution in [0, 0.1) is 0 Å². The van der Waals surface area contributed by atoms with Gasteiger partial charge in [0.1, 0.15) is 16.4 Å². The van der Waals surface area contributed by atoms with E-state index < -0.39 is 30.1 Å². The number of hydrogen-bond donors (Lipinski definition) is 3. The third-order valence-corrected chi connectivity index (χ3v) is 7.54. The summed E-state index contributed by atoms with van der Waals surface area (Å²) in [6, 6.07) is 6.24. The van der Waals surface area contributed by atoms with Crippen LogP contribution in [0.4, 0.5) is 24.0 Å². The first-order valence-electron chi connectivity index (χ1n) is 11.0. The van der Waals surface area contributed by atoms with Crippen molar-refractivity contribution in [3.05, 3.63) is 63.7 Å². The first-order chi connectivity index (χ1) is 16.2. The molecule has 7 nitrogen and oxygen atoms in total. The maximum absolute atomic E-state index is 13.9. The lowest BCUT2D eigenvalue weighted by atomic mass is 9.95. The molecular weight excluding hydrogens is 467 g/mol. The van der Waals surface area contributed by atoms with Gasteiger partial charge in [-0.3, -0.25) is 9.59 Å². The summed E-state index contributed by atoms with van der Waals surface area (Å²) in [4.78, 5) is 26.3. The molecule has 1 aliphatic heterocycles. The highest BCUT2D eigenvalue weighted by Crippen LogP contribution is 2.45. The van der Waals surface area contributed by atoms with E-state index >= 15 is 0 Å². The molecular formula is C23H22F3N5O2S. The molecule has 0 unspecified atom stereocenters. The summed E-state index contributed by atoms with van der Waals surface area (Å²) in [6.45, 7) is 0. The zero-order valence-electron chi connectivity index (χ0n) is 18.0. The molecule has 2 aliphatic rings. The molecule has 2 amide bonds. The fraction of sp³-hybridized carbons (Fsp3) is 0.348. The third kappa shape index (κ3) is 3.93. The molecule has 0 fully saturated rings. The summed E-state index contributed by atoms with van der Waals surface area (Å²) in [5.41, 5.74) is 7.39. The Morgan fingerprint density at radius 1 is 1.18 bits per heavy atom. The molecule has 2 aromatic heterocycles. The second kappa shape index (κ2) is 8.46. The molecule has 0 saturated carbocycles. The van der Waals surface area contributed by atoms with E-state index in [0.29, 0.717) is 17.0 Å². The summed E-state index contributed by atoms with van der Waals surface area (Å²) in [5, 5.41) is 10.0. The van der Waals surface area contributed by atoms with Crippen LogP contribution in [0.5, 0.6) is 0 Å². The number of nitrogens with one attached hydrogen (secondary N) is 2. The van der Waals surface area contributed by atoms with Crippen molar-refractivity contribution in [2.45, 2.75) is 50.4 Å². The number of hydrogen-bond acceptors (Lipinski definition) is 5. The number of benzene rings is 1. The van der Waals surface area contributed by atoms with Gasteiger partial charge in [0.05, 0.1) is 17.8 Å². The van der Waals surface area contributed by atoms with Crippen molar-refractivity contribution in [1.82, 2.24) is 9.78 Å². The van der Waals surface area contributed by atoms with Gasteiger partial charge in [-0.1, -0.05) is 30.3 Å². The number of primary amides is 1. The largest absolute Gasteiger partial charge is 0.410 e. The van der Waals surface area contributed by atoms with Gasteiger partial charge in [-0.25, -0.2) is 4.68 Å². The number of amides is 2. The number of fused-ring (bicyclic) bond motifs is 2. The van der Waals surface area contributed by atoms with Crippen molar-refractivity contribution < 1.29 is 22.8 Å². The highest BCUT2D eigenvalue weighted by molar-refractivity contribution is 7.17. The van der Waals surface area contributed by atoms with Crippen molar-refractivity contribution in [3.63, 3.8) is 0 Å². The van der Waals surface area contributed by atoms with Crippen molar-refractivity contribution >= 4 is 34.0 Å². The highest BCUT2D eigenvalue weighted by atomic mass is 32.1. The first kappa shape index (κ1) is 22.5. The smallest absolute Gasteiger partial charge is 0.365 e. The van der Waals surface area contributed by atoms with E-state index in [9.17, 15) is 22.8 Å². The predicted octanol–water partition coefficient (Wildman–Crippen LogP) is 4.83. The minimum absolute atomic E-state index is 0.0122. The van der Waals surface area contributed by atoms with Crippen LogP contribution in [-0.2, 0) is 12.8 Å². The Morgan fingerprint density at radius 3 is 2.62 bits per heavy atom. The summed E-state index contributed by atoms with van der Waals surface area (Å²) >= 11 is 1.30. The number of nitrogens with two attached hydrogens (primary N) is 1. The molecule has 0 bridgehead atoms. The molecule has 1 aromatic carbocycles. The number of carbonyl (C=O) groups excluding carboxylic acids is 2. The standard InChI is InChI=1S/C23H22F3N5O2S/c24-23(25,26)17-10-15(12-6-2-1-3-7-12)29-20-14(11-28-31(17)20)21(33)30-22-18(19(27)32)13-8-4-5-9-16(13)34-22/h1-3,6-7,11,15,17,29H,4-5,8-10H2,(H2,27,32)(H,30,33)/t15-,17-/m1/s1. The fourth-order valence-corrected chi connectivity index (χ4v) is 6.01. The second-order valence-electron chi connectivity index (χ2n) is 8.49. The summed E-state index contributed by atoms with van der Waals surface area (Å²) in [5.74, 6) is -1.29. The molecule has 178 valence electrons. The van der Waals surface area contributed by atoms with Gasteiger partial charge in [-0.15, -0.1) is 11.3 Å². The van der Waals surface area contributed by atoms with Crippen LogP contribution < -0.4 is 16.4 Å². The molecule has 3 aromatic rings. The number of thiophene rings is 1. The number of aryl methyl sites for hydroxylation is 1. The van der Waals surface area contributed by atoms with Crippen molar-refractivity contribution in [3.8, 4) is 0 Å². The number of rotatable bonds is 4. The maximum atomic E-state index is 13.9. The van der Waals surface area contributed by atoms with Crippen LogP contribution in [0.1, 0.15) is 68.1 Å². The van der Waals surface area contributed by atoms with E-state index in [2.05, 4.69) is 15.7 Å². The van der Waals surface area contributed by atoms with Crippen molar-refractivity contribution in [1.29, 1.82) is 0 Å². The van der Waals surface area contributed by atoms with Gasteiger partial charge >= 0.3 is 6.18 Å². The predicted molar refractivity (Wildman–Crippen MR) is 122 cm³/mol. The summed E-state index contributed by atoms with van der Waals surface area (Å²) in [7, 11) is 0. The first-order valence-corrected chi connectivity index (χ1v) is 11.8. The number of carbonyl (C=O) groups is 2. The molecule has 4 N–H and O–H groups in total. The van der Waals surface area contributed by atoms with Gasteiger partial charge < -0.3 is 16.4 Å². The Morgan fingerprint density at radius 2 is 1.91 bits per heavy atom. The molecule has 0 spiro atoms. The highest BCUT2D eigenvalue weighted by Gasteiger charge is 2.47. The van der Waals surface area contributed by atoms with E-state index in [1.165, 1.54) is 11.3 Å². The van der Waals surface area contributed by atoms with Crippen LogP contribution in [0.25, 0.3) is 0 Å². The lowest BCUT2D eigenvalue weighted by Crippen LogP contribution is -2.36. The Labute approximate surface area is 197 Å². The Balaban J connectivity index is 1.50. The van der Waals surface area contributed by atoms with Gasteiger partial charge in [0, 0.05) is 11.3 Å². The van der Waals surface area contributed by atoms with Crippen molar-refractivity contribution in [2.75, 3.05) is 10.6 Å². The topological polar surface area (TPSA) is 102 Å². The van der Waals surface area contributed by atoms with Crippen LogP contribution in [-0.4, -0.2) is 27.8 Å². The minimum atomic E-state index is -4.55. The molecule has 3 heterocycles. The average Bonchev–Trinajstić information content (AvgIpc) is 3.39. The minimum Gasteiger partial charge on any atom is -0.365 e. The SMILES string of the molecule is NC(=O)c1c(NC(=O)c2cnn3c2N[C@@H](c2ccccc2)C[C@@H]3C(F)(F)F)sc2c1CCCC2. The molecule has 5 rings (SSSR count). The molecule has 0 radical (unpaired) electrons. The van der Waals surface area contributed by atoms with Gasteiger partial charge in [0.15, 0.2) is 6.04 Å². The monoisotopic (exact) mass is 489 g/mol. The summed E-state index contributed by atoms with van der Waals surface area (Å²) in [6.07, 6.45) is -0.259. The second-order valence-corrected chi connectivity index (χ2v) is 9.59. The van der Waals surface area contributed by atoms with Gasteiger partial charge in [0.2, 0.25) is 0 Å². The normalized spacial score (nSPS) is 19.6. The van der Waals surface area contributed by atoms with Crippen LogP contribution in [0.15, 0.2) is 36.5 Å². The lowest BCUT2D eigenvalue weighted by Gasteiger charge is -2.34. The van der Waals surface area contributed by atoms with E-state index in [0.717, 1.165) is 40.6 Å². The Bertz CT molecular complexity index is 1250. The molecule has 1 aliphatic carbocycles. The van der Waals surface area contributed by atoms with Gasteiger partial charge in [-0.2, -0.15) is 18.3 Å². The molecule has 11 heteroatoms. The molecule has 2 atom stereocenters. The average molecular weight is 490 g/mol. The Kier molecular flexibility index (Phi) is 5.59. The lowest BCUT2D eigenvalue weighted by molar-refractivity contribution is -0.173. The number of anilines is 2. The maximum Gasteiger partial charge on any atom is 0.410 e. The number of halogens is 3. The van der Waals surface area contributed by atoms with Gasteiger partial charge in [0.25, 0.3) is 11.8 Å². The van der Waals surface area contributed by atoms with Gasteiger partial charge in [-0.05, 0) is 36.8 Å². The van der Waals surface area contributed by atoms with Crippen molar-refractivity contribution in [2.24, 2.45) is 5.73 Å². The number of aromatic nitrogens is 2. The number of nitrogens with zero attached hydrogens (tertiary/aromatic N) is 2. The number of alkyl halides is 3. The van der Waals surface area contributed by atoms with E-state index in [1.54, 1.807) is 30.3 Å². The van der Waals surface area contributed by atoms with E-state index in [4.69, 9.17) is 5.73 Å².